The Morgan fingerprint density at radius 3 is 2.25 bits per heavy atom. The van der Waals surface area contributed by atoms with Crippen molar-refractivity contribution in [1.29, 1.82) is 0 Å². The predicted molar refractivity (Wildman–Crippen MR) is 74.3 cm³/mol. The van der Waals surface area contributed by atoms with Crippen LogP contribution in [0.15, 0.2) is 0 Å². The summed E-state index contributed by atoms with van der Waals surface area (Å²) in [7, 11) is -0.657. The summed E-state index contributed by atoms with van der Waals surface area (Å²) in [5.74, 6) is 2.94. The third-order valence-corrected chi connectivity index (χ3v) is 4.51. The first-order valence-corrected chi connectivity index (χ1v) is 8.08. The summed E-state index contributed by atoms with van der Waals surface area (Å²) in [5, 5.41) is 3.46. The van der Waals surface area contributed by atoms with E-state index in [-0.39, 0.29) is 0 Å². The van der Waals surface area contributed by atoms with Gasteiger partial charge in [0, 0.05) is 28.3 Å². The van der Waals surface area contributed by atoms with Crippen molar-refractivity contribution in [2.75, 3.05) is 18.1 Å². The van der Waals surface area contributed by atoms with E-state index in [4.69, 9.17) is 0 Å². The Morgan fingerprint density at radius 1 is 1.19 bits per heavy atom. The molecule has 0 aromatic rings. The normalized spacial score (nSPS) is 17.4. The van der Waals surface area contributed by atoms with E-state index in [0.717, 1.165) is 30.9 Å². The van der Waals surface area contributed by atoms with Gasteiger partial charge in [-0.15, -0.1) is 0 Å². The van der Waals surface area contributed by atoms with Crippen molar-refractivity contribution in [2.24, 2.45) is 11.8 Å². The first-order valence-electron chi connectivity index (χ1n) is 6.59. The maximum Gasteiger partial charge on any atom is 0.0391 e. The fourth-order valence-electron chi connectivity index (χ4n) is 1.62. The Bertz CT molecular complexity index is 194. The standard InChI is InChI=1S/C13H29NOS/c1-6-12(5)13(14-7-2)10-16(15)9-8-11(3)4/h11-14H,6-10H2,1-5H3. The van der Waals surface area contributed by atoms with Gasteiger partial charge in [0.15, 0.2) is 0 Å². The highest BCUT2D eigenvalue weighted by Crippen LogP contribution is 2.10. The Kier molecular flexibility index (Phi) is 9.24. The molecule has 0 aliphatic heterocycles. The zero-order valence-electron chi connectivity index (χ0n) is 11.6. The molecule has 0 aromatic heterocycles. The predicted octanol–water partition coefficient (Wildman–Crippen LogP) is 2.81. The fraction of sp³-hybridized carbons (Fsp3) is 1.00. The van der Waals surface area contributed by atoms with Gasteiger partial charge in [0.1, 0.15) is 0 Å². The molecule has 0 aromatic carbocycles. The minimum atomic E-state index is -0.657. The maximum absolute atomic E-state index is 11.9. The van der Waals surface area contributed by atoms with Crippen molar-refractivity contribution in [3.8, 4) is 0 Å². The molecule has 0 spiro atoms. The molecule has 0 fully saturated rings. The van der Waals surface area contributed by atoms with E-state index in [1.54, 1.807) is 0 Å². The molecule has 98 valence electrons. The highest BCUT2D eigenvalue weighted by atomic mass is 32.2. The topological polar surface area (TPSA) is 29.1 Å². The van der Waals surface area contributed by atoms with Crippen LogP contribution in [0.3, 0.4) is 0 Å². The monoisotopic (exact) mass is 247 g/mol. The largest absolute Gasteiger partial charge is 0.313 e. The average Bonchev–Trinajstić information content (AvgIpc) is 2.24. The second kappa shape index (κ2) is 9.17. The van der Waals surface area contributed by atoms with Crippen molar-refractivity contribution >= 4 is 10.8 Å². The molecule has 3 atom stereocenters. The Balaban J connectivity index is 4.02. The minimum Gasteiger partial charge on any atom is -0.313 e. The molecule has 0 radical (unpaired) electrons. The Morgan fingerprint density at radius 2 is 1.81 bits per heavy atom. The van der Waals surface area contributed by atoms with Crippen LogP contribution in [0, 0.1) is 11.8 Å². The molecule has 0 amide bonds. The second-order valence-corrected chi connectivity index (χ2v) is 6.66. The van der Waals surface area contributed by atoms with Gasteiger partial charge in [-0.05, 0) is 24.8 Å². The molecule has 2 nitrogen and oxygen atoms in total. The Labute approximate surface area is 104 Å². The van der Waals surface area contributed by atoms with Crippen LogP contribution in [0.5, 0.6) is 0 Å². The zero-order chi connectivity index (χ0) is 12.6. The lowest BCUT2D eigenvalue weighted by Gasteiger charge is -2.23. The molecule has 0 heterocycles. The molecular weight excluding hydrogens is 218 g/mol. The number of rotatable bonds is 9. The van der Waals surface area contributed by atoms with Gasteiger partial charge in [0.25, 0.3) is 0 Å². The van der Waals surface area contributed by atoms with Crippen LogP contribution in [0.1, 0.15) is 47.5 Å². The van der Waals surface area contributed by atoms with Gasteiger partial charge in [0.2, 0.25) is 0 Å². The molecule has 3 unspecified atom stereocenters. The number of hydrogen-bond donors (Lipinski definition) is 1. The lowest BCUT2D eigenvalue weighted by molar-refractivity contribution is 0.401. The summed E-state index contributed by atoms with van der Waals surface area (Å²) in [6, 6.07) is 0.419. The molecule has 1 N–H and O–H groups in total. The SMILES string of the molecule is CCNC(CS(=O)CCC(C)C)C(C)CC. The van der Waals surface area contributed by atoms with Crippen LogP contribution >= 0.6 is 0 Å². The van der Waals surface area contributed by atoms with Crippen molar-refractivity contribution in [1.82, 2.24) is 5.32 Å². The van der Waals surface area contributed by atoms with E-state index in [9.17, 15) is 4.21 Å². The average molecular weight is 247 g/mol. The third kappa shape index (κ3) is 7.39. The first-order chi connectivity index (χ1) is 7.51. The van der Waals surface area contributed by atoms with Gasteiger partial charge in [-0.1, -0.05) is 41.0 Å². The van der Waals surface area contributed by atoms with Crippen LogP contribution in [0.25, 0.3) is 0 Å². The van der Waals surface area contributed by atoms with Crippen LogP contribution in [0.4, 0.5) is 0 Å². The lowest BCUT2D eigenvalue weighted by Crippen LogP contribution is -2.39. The van der Waals surface area contributed by atoms with Gasteiger partial charge in [0.05, 0.1) is 0 Å². The number of nitrogens with one attached hydrogen (secondary N) is 1. The van der Waals surface area contributed by atoms with Crippen LogP contribution in [-0.4, -0.2) is 28.3 Å². The zero-order valence-corrected chi connectivity index (χ0v) is 12.4. The smallest absolute Gasteiger partial charge is 0.0391 e. The third-order valence-electron chi connectivity index (χ3n) is 3.09. The molecule has 0 rings (SSSR count). The molecule has 0 aliphatic carbocycles. The summed E-state index contributed by atoms with van der Waals surface area (Å²) >= 11 is 0. The summed E-state index contributed by atoms with van der Waals surface area (Å²) < 4.78 is 11.9. The second-order valence-electron chi connectivity index (χ2n) is 5.04. The van der Waals surface area contributed by atoms with E-state index in [2.05, 4.69) is 39.9 Å². The summed E-state index contributed by atoms with van der Waals surface area (Å²) in [6.45, 7) is 11.9. The summed E-state index contributed by atoms with van der Waals surface area (Å²) in [4.78, 5) is 0. The molecule has 0 bridgehead atoms. The van der Waals surface area contributed by atoms with Crippen molar-refractivity contribution in [3.63, 3.8) is 0 Å². The molecule has 16 heavy (non-hydrogen) atoms. The van der Waals surface area contributed by atoms with E-state index >= 15 is 0 Å². The highest BCUT2D eigenvalue weighted by molar-refractivity contribution is 7.85. The van der Waals surface area contributed by atoms with Gasteiger partial charge in [-0.25, -0.2) is 0 Å². The van der Waals surface area contributed by atoms with E-state index in [1.165, 1.54) is 0 Å². The van der Waals surface area contributed by atoms with Crippen LogP contribution in [-0.2, 0) is 10.8 Å². The van der Waals surface area contributed by atoms with E-state index < -0.39 is 10.8 Å². The van der Waals surface area contributed by atoms with Gasteiger partial charge in [-0.3, -0.25) is 4.21 Å². The fourth-order valence-corrected chi connectivity index (χ4v) is 3.37. The quantitative estimate of drug-likeness (QED) is 0.679. The van der Waals surface area contributed by atoms with Gasteiger partial charge in [-0.2, -0.15) is 0 Å². The van der Waals surface area contributed by atoms with E-state index in [0.29, 0.717) is 17.9 Å². The van der Waals surface area contributed by atoms with Crippen molar-refractivity contribution < 1.29 is 4.21 Å². The summed E-state index contributed by atoms with van der Waals surface area (Å²) in [5.41, 5.74) is 0. The van der Waals surface area contributed by atoms with Gasteiger partial charge >= 0.3 is 0 Å². The van der Waals surface area contributed by atoms with Crippen molar-refractivity contribution in [2.45, 2.75) is 53.5 Å². The van der Waals surface area contributed by atoms with Crippen LogP contribution in [0.2, 0.25) is 0 Å². The van der Waals surface area contributed by atoms with Crippen LogP contribution < -0.4 is 5.32 Å². The Hall–Kier alpha value is 0.110. The highest BCUT2D eigenvalue weighted by Gasteiger charge is 2.17. The van der Waals surface area contributed by atoms with Crippen molar-refractivity contribution in [3.05, 3.63) is 0 Å². The molecule has 0 aliphatic rings. The minimum absolute atomic E-state index is 0.419. The van der Waals surface area contributed by atoms with E-state index in [1.807, 2.05) is 0 Å². The lowest BCUT2D eigenvalue weighted by atomic mass is 10.0. The maximum atomic E-state index is 11.9. The molecule has 0 saturated carbocycles. The number of hydrogen-bond acceptors (Lipinski definition) is 2. The first kappa shape index (κ1) is 16.1. The summed E-state index contributed by atoms with van der Waals surface area (Å²) in [6.07, 6.45) is 2.23. The molecule has 0 saturated heterocycles. The van der Waals surface area contributed by atoms with Gasteiger partial charge < -0.3 is 5.32 Å². The molecular formula is C13H29NOS. The molecule has 3 heteroatoms.